The number of rotatable bonds is 1. The van der Waals surface area contributed by atoms with Crippen LogP contribution in [-0.2, 0) is 4.79 Å². The largest absolute Gasteiger partial charge is 0.340 e. The molecule has 3 nitrogen and oxygen atoms in total. The van der Waals surface area contributed by atoms with Crippen LogP contribution in [0.1, 0.15) is 23.7 Å². The van der Waals surface area contributed by atoms with Crippen molar-refractivity contribution in [3.8, 4) is 0 Å². The van der Waals surface area contributed by atoms with E-state index in [1.807, 2.05) is 42.1 Å². The Morgan fingerprint density at radius 1 is 1.28 bits per heavy atom. The molecule has 0 radical (unpaired) electrons. The topological polar surface area (TPSA) is 32.3 Å². The Balaban J connectivity index is 1.78. The molecule has 1 amide bonds. The van der Waals surface area contributed by atoms with Crippen LogP contribution in [-0.4, -0.2) is 35.8 Å². The summed E-state index contributed by atoms with van der Waals surface area (Å²) in [6.45, 7) is 2.13. The number of nitrogens with zero attached hydrogens (tertiary/aromatic N) is 1. The van der Waals surface area contributed by atoms with E-state index in [1.165, 1.54) is 0 Å². The summed E-state index contributed by atoms with van der Waals surface area (Å²) in [5, 5.41) is 3.20. The highest BCUT2D eigenvalue weighted by molar-refractivity contribution is 8.02. The van der Waals surface area contributed by atoms with Crippen molar-refractivity contribution in [2.45, 2.75) is 23.0 Å². The fourth-order valence-electron chi connectivity index (χ4n) is 2.67. The SMILES string of the molecule is CN1CCC2(CC1)NC(=O)C(c1ccccc1)S2. The van der Waals surface area contributed by atoms with Gasteiger partial charge in [0.15, 0.2) is 0 Å². The van der Waals surface area contributed by atoms with E-state index in [1.54, 1.807) is 0 Å². The third-order valence-corrected chi connectivity index (χ3v) is 5.51. The number of amides is 1. The first-order chi connectivity index (χ1) is 8.69. The van der Waals surface area contributed by atoms with Crippen molar-refractivity contribution in [2.24, 2.45) is 0 Å². The smallest absolute Gasteiger partial charge is 0.238 e. The summed E-state index contributed by atoms with van der Waals surface area (Å²) >= 11 is 1.81. The molecule has 0 aliphatic carbocycles. The normalized spacial score (nSPS) is 27.4. The standard InChI is InChI=1S/C14H18N2OS/c1-16-9-7-14(8-10-16)15-13(17)12(18-14)11-5-3-2-4-6-11/h2-6,12H,7-10H2,1H3,(H,15,17). The van der Waals surface area contributed by atoms with Gasteiger partial charge in [-0.2, -0.15) is 0 Å². The maximum Gasteiger partial charge on any atom is 0.238 e. The molecule has 0 bridgehead atoms. The number of benzene rings is 1. The Labute approximate surface area is 112 Å². The molecule has 96 valence electrons. The first kappa shape index (κ1) is 12.1. The summed E-state index contributed by atoms with van der Waals surface area (Å²) in [5.74, 6) is 0.177. The molecule has 0 aromatic heterocycles. The molecular formula is C14H18N2OS. The Hall–Kier alpha value is -1.00. The second-order valence-corrected chi connectivity index (χ2v) is 6.68. The highest BCUT2D eigenvalue weighted by Crippen LogP contribution is 2.48. The zero-order chi connectivity index (χ0) is 12.6. The van der Waals surface area contributed by atoms with E-state index < -0.39 is 0 Å². The number of hydrogen-bond acceptors (Lipinski definition) is 3. The molecule has 1 N–H and O–H groups in total. The average Bonchev–Trinajstić information content (AvgIpc) is 2.72. The molecular weight excluding hydrogens is 244 g/mol. The third-order valence-electron chi connectivity index (χ3n) is 3.83. The predicted molar refractivity (Wildman–Crippen MR) is 74.4 cm³/mol. The van der Waals surface area contributed by atoms with Crippen molar-refractivity contribution in [3.63, 3.8) is 0 Å². The Kier molecular flexibility index (Phi) is 3.08. The summed E-state index contributed by atoms with van der Waals surface area (Å²) < 4.78 is 0. The monoisotopic (exact) mass is 262 g/mol. The lowest BCUT2D eigenvalue weighted by molar-refractivity contribution is -0.121. The van der Waals surface area contributed by atoms with E-state index >= 15 is 0 Å². The van der Waals surface area contributed by atoms with Crippen molar-refractivity contribution in [3.05, 3.63) is 35.9 Å². The van der Waals surface area contributed by atoms with Crippen LogP contribution in [0.5, 0.6) is 0 Å². The van der Waals surface area contributed by atoms with Gasteiger partial charge >= 0.3 is 0 Å². The molecule has 4 heteroatoms. The number of thioether (sulfide) groups is 1. The van der Waals surface area contributed by atoms with Crippen molar-refractivity contribution in [2.75, 3.05) is 20.1 Å². The Bertz CT molecular complexity index is 440. The van der Waals surface area contributed by atoms with Gasteiger partial charge in [-0.05, 0) is 25.5 Å². The van der Waals surface area contributed by atoms with Crippen LogP contribution in [0.4, 0.5) is 0 Å². The van der Waals surface area contributed by atoms with Gasteiger partial charge in [0.1, 0.15) is 5.25 Å². The summed E-state index contributed by atoms with van der Waals surface area (Å²) in [6.07, 6.45) is 2.09. The zero-order valence-electron chi connectivity index (χ0n) is 10.6. The first-order valence-corrected chi connectivity index (χ1v) is 7.30. The van der Waals surface area contributed by atoms with Crippen LogP contribution in [0.15, 0.2) is 30.3 Å². The molecule has 2 aliphatic heterocycles. The van der Waals surface area contributed by atoms with E-state index in [4.69, 9.17) is 0 Å². The highest BCUT2D eigenvalue weighted by Gasteiger charge is 2.46. The molecule has 3 rings (SSSR count). The molecule has 0 saturated carbocycles. The van der Waals surface area contributed by atoms with Gasteiger partial charge in [0.25, 0.3) is 0 Å². The molecule has 1 aromatic carbocycles. The number of carbonyl (C=O) groups excluding carboxylic acids is 1. The quantitative estimate of drug-likeness (QED) is 0.840. The lowest BCUT2D eigenvalue weighted by atomic mass is 10.0. The third kappa shape index (κ3) is 2.15. The number of nitrogens with one attached hydrogen (secondary N) is 1. The van der Waals surface area contributed by atoms with Crippen molar-refractivity contribution >= 4 is 17.7 Å². The van der Waals surface area contributed by atoms with Gasteiger partial charge in [-0.15, -0.1) is 11.8 Å². The van der Waals surface area contributed by atoms with E-state index in [9.17, 15) is 4.79 Å². The van der Waals surface area contributed by atoms with E-state index in [0.29, 0.717) is 0 Å². The first-order valence-electron chi connectivity index (χ1n) is 6.42. The van der Waals surface area contributed by atoms with Gasteiger partial charge in [-0.25, -0.2) is 0 Å². The minimum absolute atomic E-state index is 0.0237. The van der Waals surface area contributed by atoms with Crippen LogP contribution >= 0.6 is 11.8 Å². The summed E-state index contributed by atoms with van der Waals surface area (Å²) in [5.41, 5.74) is 1.12. The highest BCUT2D eigenvalue weighted by atomic mass is 32.2. The van der Waals surface area contributed by atoms with E-state index in [-0.39, 0.29) is 16.0 Å². The maximum absolute atomic E-state index is 12.2. The summed E-state index contributed by atoms with van der Waals surface area (Å²) in [4.78, 5) is 14.5. The van der Waals surface area contributed by atoms with Gasteiger partial charge in [-0.3, -0.25) is 4.79 Å². The van der Waals surface area contributed by atoms with Gasteiger partial charge in [0.2, 0.25) is 5.91 Å². The zero-order valence-corrected chi connectivity index (χ0v) is 11.4. The summed E-state index contributed by atoms with van der Waals surface area (Å²) in [7, 11) is 2.14. The van der Waals surface area contributed by atoms with Crippen molar-refractivity contribution < 1.29 is 4.79 Å². The molecule has 2 aliphatic rings. The van der Waals surface area contributed by atoms with Gasteiger partial charge in [0, 0.05) is 13.1 Å². The van der Waals surface area contributed by atoms with Crippen LogP contribution < -0.4 is 5.32 Å². The van der Waals surface area contributed by atoms with Crippen molar-refractivity contribution in [1.82, 2.24) is 10.2 Å². The summed E-state index contributed by atoms with van der Waals surface area (Å²) in [6, 6.07) is 10.1. The van der Waals surface area contributed by atoms with Gasteiger partial charge in [-0.1, -0.05) is 30.3 Å². The molecule has 2 saturated heterocycles. The van der Waals surface area contributed by atoms with Crippen LogP contribution in [0.25, 0.3) is 0 Å². The molecule has 2 heterocycles. The van der Waals surface area contributed by atoms with Gasteiger partial charge in [0.05, 0.1) is 4.87 Å². The second kappa shape index (κ2) is 4.59. The predicted octanol–water partition coefficient (Wildman–Crippen LogP) is 2.01. The number of piperidine rings is 1. The van der Waals surface area contributed by atoms with Crippen LogP contribution in [0.3, 0.4) is 0 Å². The molecule has 1 spiro atoms. The van der Waals surface area contributed by atoms with E-state index in [2.05, 4.69) is 17.3 Å². The fourth-order valence-corrected chi connectivity index (χ4v) is 4.16. The lowest BCUT2D eigenvalue weighted by Gasteiger charge is -2.36. The Morgan fingerprint density at radius 2 is 1.94 bits per heavy atom. The molecule has 1 atom stereocenters. The molecule has 1 unspecified atom stereocenters. The molecule has 2 fully saturated rings. The van der Waals surface area contributed by atoms with Crippen LogP contribution in [0.2, 0.25) is 0 Å². The van der Waals surface area contributed by atoms with E-state index in [0.717, 1.165) is 31.5 Å². The molecule has 1 aromatic rings. The Morgan fingerprint density at radius 3 is 2.61 bits per heavy atom. The lowest BCUT2D eigenvalue weighted by Crippen LogP contribution is -2.48. The van der Waals surface area contributed by atoms with Gasteiger partial charge < -0.3 is 10.2 Å². The number of hydrogen-bond donors (Lipinski definition) is 1. The number of likely N-dealkylation sites (tertiary alicyclic amines) is 1. The van der Waals surface area contributed by atoms with Crippen molar-refractivity contribution in [1.29, 1.82) is 0 Å². The number of carbonyl (C=O) groups is 1. The van der Waals surface area contributed by atoms with Crippen LogP contribution in [0, 0.1) is 0 Å². The molecule has 18 heavy (non-hydrogen) atoms. The minimum Gasteiger partial charge on any atom is -0.340 e. The maximum atomic E-state index is 12.2. The second-order valence-electron chi connectivity index (χ2n) is 5.20. The minimum atomic E-state index is -0.0328. The average molecular weight is 262 g/mol. The fraction of sp³-hybridized carbons (Fsp3) is 0.500.